The van der Waals surface area contributed by atoms with E-state index in [1.165, 1.54) is 24.3 Å². The second kappa shape index (κ2) is 7.85. The Morgan fingerprint density at radius 1 is 1.25 bits per heavy atom. The van der Waals surface area contributed by atoms with E-state index in [0.29, 0.717) is 13.0 Å². The van der Waals surface area contributed by atoms with Crippen LogP contribution in [0.1, 0.15) is 13.3 Å². The maximum atomic E-state index is 13.3. The number of ether oxygens (including phenoxy) is 1. The van der Waals surface area contributed by atoms with E-state index < -0.39 is 37.5 Å². The molecule has 9 nitrogen and oxygen atoms in total. The number of anilines is 1. The van der Waals surface area contributed by atoms with E-state index in [1.807, 2.05) is 6.92 Å². The average Bonchev–Trinajstić information content (AvgIpc) is 2.71. The Labute approximate surface area is 162 Å². The molecule has 0 saturated carbocycles. The van der Waals surface area contributed by atoms with E-state index in [-0.39, 0.29) is 18.0 Å². The molecular weight excluding hydrogens is 386 g/mol. The molecule has 148 valence electrons. The Hall–Kier alpha value is -3.14. The molecule has 0 saturated heterocycles. The molecule has 1 N–H and O–H groups in total. The first kappa shape index (κ1) is 19.6. The Balaban J connectivity index is 2.06. The number of para-hydroxylation sites is 3. The van der Waals surface area contributed by atoms with Crippen LogP contribution in [0.15, 0.2) is 53.4 Å². The van der Waals surface area contributed by atoms with Crippen molar-refractivity contribution in [3.8, 4) is 5.75 Å². The van der Waals surface area contributed by atoms with Crippen LogP contribution in [0.3, 0.4) is 0 Å². The van der Waals surface area contributed by atoms with Crippen LogP contribution in [0.4, 0.5) is 11.4 Å². The largest absolute Gasteiger partial charge is 0.476 e. The van der Waals surface area contributed by atoms with E-state index in [0.717, 1.165) is 10.4 Å². The molecule has 0 aromatic heterocycles. The molecule has 0 spiro atoms. The topological polar surface area (TPSA) is 119 Å². The summed E-state index contributed by atoms with van der Waals surface area (Å²) in [5.74, 6) is -0.230. The summed E-state index contributed by atoms with van der Waals surface area (Å²) in [6, 6.07) is 11.5. The van der Waals surface area contributed by atoms with Gasteiger partial charge in [0.15, 0.2) is 11.0 Å². The number of amides is 1. The molecular formula is C18H19N3O6S. The Morgan fingerprint density at radius 2 is 1.93 bits per heavy atom. The number of hydrogen-bond acceptors (Lipinski definition) is 6. The lowest BCUT2D eigenvalue weighted by molar-refractivity contribution is -0.387. The third kappa shape index (κ3) is 3.63. The number of fused-ring (bicyclic) bond motifs is 1. The van der Waals surface area contributed by atoms with E-state index in [2.05, 4.69) is 5.32 Å². The highest BCUT2D eigenvalue weighted by Gasteiger charge is 2.39. The first-order valence-electron chi connectivity index (χ1n) is 8.65. The molecule has 1 amide bonds. The highest BCUT2D eigenvalue weighted by molar-refractivity contribution is 7.93. The number of nitrogens with one attached hydrogen (secondary N) is 1. The molecule has 3 rings (SSSR count). The summed E-state index contributed by atoms with van der Waals surface area (Å²) in [6.07, 6.45) is -0.355. The molecule has 1 unspecified atom stereocenters. The van der Waals surface area contributed by atoms with E-state index in [9.17, 15) is 23.3 Å². The van der Waals surface area contributed by atoms with Crippen molar-refractivity contribution in [1.82, 2.24) is 5.32 Å². The van der Waals surface area contributed by atoms with Crippen LogP contribution in [0, 0.1) is 10.1 Å². The first-order chi connectivity index (χ1) is 13.4. The highest BCUT2D eigenvalue weighted by Crippen LogP contribution is 2.38. The van der Waals surface area contributed by atoms with Crippen molar-refractivity contribution in [3.63, 3.8) is 0 Å². The maximum Gasteiger partial charge on any atom is 0.289 e. The van der Waals surface area contributed by atoms with Gasteiger partial charge in [-0.1, -0.05) is 31.2 Å². The lowest BCUT2D eigenvalue weighted by atomic mass is 10.2. The predicted octanol–water partition coefficient (Wildman–Crippen LogP) is 2.08. The van der Waals surface area contributed by atoms with Crippen LogP contribution in [0.25, 0.3) is 0 Å². The van der Waals surface area contributed by atoms with Gasteiger partial charge in [-0.2, -0.15) is 0 Å². The smallest absolute Gasteiger partial charge is 0.289 e. The number of carbonyl (C=O) groups excluding carboxylic acids is 1. The summed E-state index contributed by atoms with van der Waals surface area (Å²) in [6.45, 7) is 2.03. The summed E-state index contributed by atoms with van der Waals surface area (Å²) in [7, 11) is -4.31. The predicted molar refractivity (Wildman–Crippen MR) is 102 cm³/mol. The molecule has 2 aromatic rings. The zero-order valence-electron chi connectivity index (χ0n) is 15.1. The zero-order chi connectivity index (χ0) is 20.3. The third-order valence-electron chi connectivity index (χ3n) is 4.21. The zero-order valence-corrected chi connectivity index (χ0v) is 15.9. The fraction of sp³-hybridized carbons (Fsp3) is 0.278. The van der Waals surface area contributed by atoms with Crippen molar-refractivity contribution >= 4 is 27.3 Å². The quantitative estimate of drug-likeness (QED) is 0.580. The van der Waals surface area contributed by atoms with Gasteiger partial charge in [-0.05, 0) is 24.6 Å². The van der Waals surface area contributed by atoms with Gasteiger partial charge in [-0.3, -0.25) is 19.2 Å². The van der Waals surface area contributed by atoms with Crippen LogP contribution in [-0.4, -0.2) is 38.4 Å². The van der Waals surface area contributed by atoms with Crippen molar-refractivity contribution in [1.29, 1.82) is 0 Å². The molecule has 1 aliphatic rings. The number of nitro groups is 1. The van der Waals surface area contributed by atoms with Crippen LogP contribution in [-0.2, 0) is 14.8 Å². The number of nitrogens with zero attached hydrogens (tertiary/aromatic N) is 2. The van der Waals surface area contributed by atoms with Gasteiger partial charge >= 0.3 is 0 Å². The van der Waals surface area contributed by atoms with Gasteiger partial charge in [-0.25, -0.2) is 8.42 Å². The van der Waals surface area contributed by atoms with Crippen molar-refractivity contribution < 1.29 is 22.9 Å². The third-order valence-corrected chi connectivity index (χ3v) is 6.03. The van der Waals surface area contributed by atoms with E-state index in [4.69, 9.17) is 4.74 Å². The summed E-state index contributed by atoms with van der Waals surface area (Å²) in [5, 5.41) is 14.0. The molecule has 0 bridgehead atoms. The highest BCUT2D eigenvalue weighted by atomic mass is 32.2. The van der Waals surface area contributed by atoms with Crippen molar-refractivity contribution in [2.75, 3.05) is 17.4 Å². The van der Waals surface area contributed by atoms with E-state index in [1.54, 1.807) is 18.2 Å². The van der Waals surface area contributed by atoms with Crippen molar-refractivity contribution in [2.24, 2.45) is 0 Å². The SMILES string of the molecule is CCCNC(=O)C1CN(S(=O)(=O)c2ccccc2[N+](=O)[O-])c2ccccc2O1. The van der Waals surface area contributed by atoms with Crippen molar-refractivity contribution in [2.45, 2.75) is 24.3 Å². The lowest BCUT2D eigenvalue weighted by Crippen LogP contribution is -2.50. The molecule has 1 aliphatic heterocycles. The van der Waals surface area contributed by atoms with Gasteiger partial charge in [0.05, 0.1) is 17.2 Å². The van der Waals surface area contributed by atoms with Gasteiger partial charge in [0.25, 0.3) is 21.6 Å². The minimum Gasteiger partial charge on any atom is -0.476 e. The average molecular weight is 405 g/mol. The summed E-state index contributed by atoms with van der Waals surface area (Å²) in [5.41, 5.74) is -0.307. The fourth-order valence-electron chi connectivity index (χ4n) is 2.87. The first-order valence-corrected chi connectivity index (χ1v) is 10.1. The van der Waals surface area contributed by atoms with Crippen LogP contribution >= 0.6 is 0 Å². The number of nitro benzene ring substituents is 1. The molecule has 0 radical (unpaired) electrons. The minimum absolute atomic E-state index is 0.215. The van der Waals surface area contributed by atoms with Gasteiger partial charge in [0.2, 0.25) is 0 Å². The van der Waals surface area contributed by atoms with E-state index >= 15 is 0 Å². The minimum atomic E-state index is -4.31. The lowest BCUT2D eigenvalue weighted by Gasteiger charge is -2.34. The van der Waals surface area contributed by atoms with Gasteiger partial charge in [-0.15, -0.1) is 0 Å². The Bertz CT molecular complexity index is 1010. The molecule has 2 aromatic carbocycles. The van der Waals surface area contributed by atoms with Gasteiger partial charge in [0.1, 0.15) is 5.75 Å². The van der Waals surface area contributed by atoms with Gasteiger partial charge in [0, 0.05) is 12.6 Å². The number of benzene rings is 2. The number of rotatable bonds is 6. The second-order valence-electron chi connectivity index (χ2n) is 6.13. The number of sulfonamides is 1. The normalized spacial score (nSPS) is 16.0. The number of hydrogen-bond donors (Lipinski definition) is 1. The summed E-state index contributed by atoms with van der Waals surface area (Å²) < 4.78 is 33.3. The van der Waals surface area contributed by atoms with Crippen LogP contribution in [0.5, 0.6) is 5.75 Å². The molecule has 0 fully saturated rings. The molecule has 28 heavy (non-hydrogen) atoms. The standard InChI is InChI=1S/C18H19N3O6S/c1-2-11-19-18(22)16-12-20(13-7-3-5-9-15(13)27-16)28(25,26)17-10-6-4-8-14(17)21(23)24/h3-10,16H,2,11-12H2,1H3,(H,19,22). The summed E-state index contributed by atoms with van der Waals surface area (Å²) in [4.78, 5) is 22.5. The second-order valence-corrected chi connectivity index (χ2v) is 7.96. The molecule has 1 atom stereocenters. The van der Waals surface area contributed by atoms with Crippen molar-refractivity contribution in [3.05, 3.63) is 58.6 Å². The summed E-state index contributed by atoms with van der Waals surface area (Å²) >= 11 is 0. The fourth-order valence-corrected chi connectivity index (χ4v) is 4.51. The Kier molecular flexibility index (Phi) is 5.50. The maximum absolute atomic E-state index is 13.3. The molecule has 10 heteroatoms. The van der Waals surface area contributed by atoms with Gasteiger partial charge < -0.3 is 10.1 Å². The number of carbonyl (C=O) groups is 1. The van der Waals surface area contributed by atoms with Crippen LogP contribution in [0.2, 0.25) is 0 Å². The Morgan fingerprint density at radius 3 is 2.64 bits per heavy atom. The molecule has 0 aliphatic carbocycles. The van der Waals surface area contributed by atoms with Crippen LogP contribution < -0.4 is 14.4 Å². The molecule has 1 heterocycles. The monoisotopic (exact) mass is 405 g/mol.